The maximum atomic E-state index is 11.9. The minimum atomic E-state index is -0.707. The van der Waals surface area contributed by atoms with Gasteiger partial charge in [-0.3, -0.25) is 9.69 Å². The largest absolute Gasteiger partial charge is 0.488 e. The standard InChI is InChI=1S/C34H43N3O4S/c1-22-7-10-31(29(16-22)30-21-42-33(35-30)37-14-12-34(4,32(38)39)23(2)17-37)41-19-26-9-8-25-18-36(13-11-28(25)24(26)3)27-6-5-15-40-20-27/h7-10,16,21,23,27H,5-6,11-15,17-20H2,1-4H3,(H,38,39)/t23-,27?,34-/m0/s1. The number of benzene rings is 2. The Morgan fingerprint density at radius 2 is 2.10 bits per heavy atom. The van der Waals surface area contributed by atoms with Gasteiger partial charge in [0.25, 0.3) is 0 Å². The Kier molecular flexibility index (Phi) is 8.31. The first-order chi connectivity index (χ1) is 20.2. The van der Waals surface area contributed by atoms with E-state index in [0.29, 0.717) is 32.2 Å². The first kappa shape index (κ1) is 29.1. The smallest absolute Gasteiger partial charge is 0.309 e. The molecule has 7 nitrogen and oxygen atoms in total. The molecule has 224 valence electrons. The summed E-state index contributed by atoms with van der Waals surface area (Å²) in [5.74, 6) is 0.170. The molecule has 0 spiro atoms. The van der Waals surface area contributed by atoms with Crippen LogP contribution in [0.15, 0.2) is 35.7 Å². The summed E-state index contributed by atoms with van der Waals surface area (Å²) in [4.78, 5) is 21.7. The number of carboxylic acid groups (broad SMARTS) is 1. The van der Waals surface area contributed by atoms with E-state index in [1.54, 1.807) is 11.3 Å². The predicted octanol–water partition coefficient (Wildman–Crippen LogP) is 6.48. The third-order valence-electron chi connectivity index (χ3n) is 10.0. The van der Waals surface area contributed by atoms with Gasteiger partial charge in [0.05, 0.1) is 17.7 Å². The summed E-state index contributed by atoms with van der Waals surface area (Å²) in [6.07, 6.45) is 4.09. The quantitative estimate of drug-likeness (QED) is 0.338. The summed E-state index contributed by atoms with van der Waals surface area (Å²) in [6, 6.07) is 11.4. The van der Waals surface area contributed by atoms with Gasteiger partial charge in [0.1, 0.15) is 12.4 Å². The first-order valence-electron chi connectivity index (χ1n) is 15.3. The molecule has 42 heavy (non-hydrogen) atoms. The molecular formula is C34H43N3O4S. The predicted molar refractivity (Wildman–Crippen MR) is 167 cm³/mol. The molecular weight excluding hydrogens is 546 g/mol. The van der Waals surface area contributed by atoms with E-state index < -0.39 is 11.4 Å². The molecule has 2 fully saturated rings. The highest BCUT2D eigenvalue weighted by atomic mass is 32.1. The monoisotopic (exact) mass is 589 g/mol. The zero-order valence-electron chi connectivity index (χ0n) is 25.3. The Morgan fingerprint density at radius 3 is 2.86 bits per heavy atom. The van der Waals surface area contributed by atoms with Crippen molar-refractivity contribution in [3.05, 3.63) is 63.5 Å². The number of ether oxygens (including phenoxy) is 2. The molecule has 0 amide bonds. The highest BCUT2D eigenvalue weighted by Gasteiger charge is 2.43. The van der Waals surface area contributed by atoms with Crippen LogP contribution in [-0.4, -0.2) is 59.8 Å². The van der Waals surface area contributed by atoms with Crippen molar-refractivity contribution < 1.29 is 19.4 Å². The number of anilines is 1. The van der Waals surface area contributed by atoms with Crippen LogP contribution in [0.1, 0.15) is 60.9 Å². The highest BCUT2D eigenvalue weighted by molar-refractivity contribution is 7.14. The van der Waals surface area contributed by atoms with Crippen LogP contribution in [0.5, 0.6) is 5.75 Å². The van der Waals surface area contributed by atoms with Gasteiger partial charge in [-0.25, -0.2) is 4.98 Å². The van der Waals surface area contributed by atoms with Crippen molar-refractivity contribution in [2.75, 3.05) is 37.7 Å². The molecule has 1 N–H and O–H groups in total. The molecule has 3 aliphatic rings. The lowest BCUT2D eigenvalue weighted by Crippen LogP contribution is -2.48. The zero-order valence-corrected chi connectivity index (χ0v) is 26.1. The molecule has 0 aliphatic carbocycles. The van der Waals surface area contributed by atoms with Crippen LogP contribution in [-0.2, 0) is 29.1 Å². The molecule has 4 heterocycles. The number of thiazole rings is 1. The van der Waals surface area contributed by atoms with Crippen molar-refractivity contribution in [1.29, 1.82) is 0 Å². The zero-order chi connectivity index (χ0) is 29.4. The number of nitrogens with zero attached hydrogens (tertiary/aromatic N) is 3. The van der Waals surface area contributed by atoms with Crippen molar-refractivity contribution in [1.82, 2.24) is 9.88 Å². The molecule has 2 saturated heterocycles. The summed E-state index contributed by atoms with van der Waals surface area (Å²) >= 11 is 1.62. The molecule has 8 heteroatoms. The average molecular weight is 590 g/mol. The summed E-state index contributed by atoms with van der Waals surface area (Å²) in [5, 5.41) is 12.8. The normalized spacial score (nSPS) is 24.8. The van der Waals surface area contributed by atoms with Gasteiger partial charge in [0.2, 0.25) is 0 Å². The lowest BCUT2D eigenvalue weighted by atomic mass is 9.73. The highest BCUT2D eigenvalue weighted by Crippen LogP contribution is 2.40. The number of carbonyl (C=O) groups is 1. The average Bonchev–Trinajstić information content (AvgIpc) is 3.49. The molecule has 1 aromatic heterocycles. The van der Waals surface area contributed by atoms with Crippen LogP contribution in [0.2, 0.25) is 0 Å². The number of fused-ring (bicyclic) bond motifs is 1. The topological polar surface area (TPSA) is 75.1 Å². The van der Waals surface area contributed by atoms with Crippen molar-refractivity contribution in [2.24, 2.45) is 11.3 Å². The van der Waals surface area contributed by atoms with Gasteiger partial charge in [0, 0.05) is 49.8 Å². The van der Waals surface area contributed by atoms with Crippen molar-refractivity contribution in [2.45, 2.75) is 72.6 Å². The van der Waals surface area contributed by atoms with E-state index >= 15 is 0 Å². The minimum Gasteiger partial charge on any atom is -0.488 e. The summed E-state index contributed by atoms with van der Waals surface area (Å²) in [5.41, 5.74) is 7.88. The molecule has 2 aromatic carbocycles. The Bertz CT molecular complexity index is 1450. The lowest BCUT2D eigenvalue weighted by molar-refractivity contribution is -0.152. The number of aliphatic carboxylic acids is 1. The fraction of sp³-hybridized carbons (Fsp3) is 0.529. The maximum absolute atomic E-state index is 11.9. The third kappa shape index (κ3) is 5.69. The van der Waals surface area contributed by atoms with Crippen LogP contribution in [0.4, 0.5) is 5.13 Å². The van der Waals surface area contributed by atoms with Crippen LogP contribution >= 0.6 is 11.3 Å². The van der Waals surface area contributed by atoms with Crippen LogP contribution < -0.4 is 9.64 Å². The Hall–Kier alpha value is -2.94. The third-order valence-corrected chi connectivity index (χ3v) is 10.9. The van der Waals surface area contributed by atoms with Gasteiger partial charge >= 0.3 is 5.97 Å². The van der Waals surface area contributed by atoms with E-state index in [4.69, 9.17) is 14.5 Å². The van der Waals surface area contributed by atoms with E-state index in [2.05, 4.69) is 59.4 Å². The van der Waals surface area contributed by atoms with Gasteiger partial charge in [-0.2, -0.15) is 0 Å². The Labute approximate surface area is 253 Å². The number of piperidine rings is 1. The lowest BCUT2D eigenvalue weighted by Gasteiger charge is -2.41. The number of hydrogen-bond donors (Lipinski definition) is 1. The van der Waals surface area contributed by atoms with Gasteiger partial charge in [0.15, 0.2) is 5.13 Å². The van der Waals surface area contributed by atoms with Crippen molar-refractivity contribution in [3.8, 4) is 17.0 Å². The molecule has 3 aliphatic heterocycles. The van der Waals surface area contributed by atoms with Crippen LogP contribution in [0.25, 0.3) is 11.3 Å². The van der Waals surface area contributed by atoms with Crippen LogP contribution in [0, 0.1) is 25.2 Å². The number of aryl methyl sites for hydroxylation is 1. The molecule has 3 aromatic rings. The molecule has 6 rings (SSSR count). The molecule has 0 radical (unpaired) electrons. The fourth-order valence-corrected chi connectivity index (χ4v) is 7.64. The SMILES string of the molecule is Cc1ccc(OCc2ccc3c(c2C)CCN(C2CCCOC2)C3)c(-c2csc(N3CC[C@](C)(C(=O)O)[C@@H](C)C3)n2)c1. The second kappa shape index (κ2) is 12.0. The summed E-state index contributed by atoms with van der Waals surface area (Å²) < 4.78 is 12.3. The number of carboxylic acids is 1. The van der Waals surface area contributed by atoms with Gasteiger partial charge in [-0.15, -0.1) is 11.3 Å². The summed E-state index contributed by atoms with van der Waals surface area (Å²) in [7, 11) is 0. The molecule has 0 bridgehead atoms. The number of rotatable bonds is 7. The fourth-order valence-electron chi connectivity index (χ4n) is 6.78. The minimum absolute atomic E-state index is 0.0400. The molecule has 0 saturated carbocycles. The van der Waals surface area contributed by atoms with Gasteiger partial charge < -0.3 is 19.5 Å². The van der Waals surface area contributed by atoms with Crippen molar-refractivity contribution >= 4 is 22.4 Å². The molecule has 1 unspecified atom stereocenters. The van der Waals surface area contributed by atoms with E-state index in [9.17, 15) is 9.90 Å². The second-order valence-corrected chi connectivity index (χ2v) is 13.5. The summed E-state index contributed by atoms with van der Waals surface area (Å²) in [6.45, 7) is 14.0. The van der Waals surface area contributed by atoms with Crippen LogP contribution in [0.3, 0.4) is 0 Å². The number of hydrogen-bond acceptors (Lipinski definition) is 7. The number of aromatic nitrogens is 1. The van der Waals surface area contributed by atoms with Gasteiger partial charge in [-0.05, 0) is 86.8 Å². The van der Waals surface area contributed by atoms with Gasteiger partial charge in [-0.1, -0.05) is 30.7 Å². The van der Waals surface area contributed by atoms with E-state index in [0.717, 1.165) is 66.8 Å². The second-order valence-electron chi connectivity index (χ2n) is 12.7. The van der Waals surface area contributed by atoms with Crippen molar-refractivity contribution in [3.63, 3.8) is 0 Å². The maximum Gasteiger partial charge on any atom is 0.309 e. The van der Waals surface area contributed by atoms with E-state index in [1.165, 1.54) is 28.7 Å². The Balaban J connectivity index is 1.16. The van der Waals surface area contributed by atoms with E-state index in [1.807, 2.05) is 13.8 Å². The Morgan fingerprint density at radius 1 is 1.24 bits per heavy atom. The van der Waals surface area contributed by atoms with E-state index in [-0.39, 0.29) is 5.92 Å². The first-order valence-corrected chi connectivity index (χ1v) is 16.2. The molecule has 3 atom stereocenters.